The highest BCUT2D eigenvalue weighted by Gasteiger charge is 2.15. The third kappa shape index (κ3) is 3.59. The summed E-state index contributed by atoms with van der Waals surface area (Å²) in [7, 11) is 1.20. The van der Waals surface area contributed by atoms with Gasteiger partial charge in [-0.15, -0.1) is 0 Å². The molecule has 0 amide bonds. The lowest BCUT2D eigenvalue weighted by molar-refractivity contribution is 0.0602. The van der Waals surface area contributed by atoms with Gasteiger partial charge in [-0.3, -0.25) is 5.43 Å². The zero-order chi connectivity index (χ0) is 14.4. The molecule has 0 radical (unpaired) electrons. The average molecular weight is 297 g/mol. The summed E-state index contributed by atoms with van der Waals surface area (Å²) in [5, 5.41) is 21.0. The normalized spacial score (nSPS) is 8.89. The summed E-state index contributed by atoms with van der Waals surface area (Å²) in [6.45, 7) is 0. The first-order chi connectivity index (χ1) is 9.03. The van der Waals surface area contributed by atoms with Gasteiger partial charge in [0.15, 0.2) is 0 Å². The predicted molar refractivity (Wildman–Crippen MR) is 70.1 cm³/mol. The summed E-state index contributed by atoms with van der Waals surface area (Å²) in [6, 6.07) is 5.76. The molecule has 0 aliphatic carbocycles. The molecule has 96 valence electrons. The third-order valence-corrected chi connectivity index (χ3v) is 2.69. The lowest BCUT2D eigenvalue weighted by atomic mass is 10.2. The van der Waals surface area contributed by atoms with Crippen LogP contribution in [0.5, 0.6) is 0 Å². The number of rotatable bonds is 3. The van der Waals surface area contributed by atoms with E-state index in [9.17, 15) is 4.79 Å². The Morgan fingerprint density at radius 1 is 1.32 bits per heavy atom. The van der Waals surface area contributed by atoms with E-state index >= 15 is 0 Å². The van der Waals surface area contributed by atoms with E-state index < -0.39 is 11.7 Å². The highest BCUT2D eigenvalue weighted by Crippen LogP contribution is 2.29. The molecular formula is C11H6Cl2N4O2. The smallest absolute Gasteiger partial charge is 0.340 e. The van der Waals surface area contributed by atoms with Crippen LogP contribution >= 0.6 is 23.2 Å². The maximum Gasteiger partial charge on any atom is 0.340 e. The fraction of sp³-hybridized carbons (Fsp3) is 0.0909. The van der Waals surface area contributed by atoms with Crippen molar-refractivity contribution in [1.29, 1.82) is 10.5 Å². The molecule has 0 bridgehead atoms. The monoisotopic (exact) mass is 296 g/mol. The van der Waals surface area contributed by atoms with Crippen molar-refractivity contribution >= 4 is 40.6 Å². The number of nitriles is 2. The van der Waals surface area contributed by atoms with Crippen molar-refractivity contribution in [1.82, 2.24) is 0 Å². The minimum atomic E-state index is -0.660. The Kier molecular flexibility index (Phi) is 5.13. The largest absolute Gasteiger partial charge is 0.465 e. The van der Waals surface area contributed by atoms with Gasteiger partial charge in [-0.2, -0.15) is 15.6 Å². The Morgan fingerprint density at radius 2 is 1.89 bits per heavy atom. The van der Waals surface area contributed by atoms with Gasteiger partial charge in [0.1, 0.15) is 12.1 Å². The van der Waals surface area contributed by atoms with Gasteiger partial charge in [0.05, 0.1) is 28.4 Å². The van der Waals surface area contributed by atoms with Gasteiger partial charge in [-0.1, -0.05) is 23.2 Å². The third-order valence-electron chi connectivity index (χ3n) is 1.97. The van der Waals surface area contributed by atoms with E-state index in [4.69, 9.17) is 33.7 Å². The second kappa shape index (κ2) is 6.60. The molecule has 0 unspecified atom stereocenters. The minimum absolute atomic E-state index is 0.0795. The fourth-order valence-corrected chi connectivity index (χ4v) is 1.44. The van der Waals surface area contributed by atoms with Crippen LogP contribution in [0.2, 0.25) is 10.0 Å². The van der Waals surface area contributed by atoms with Crippen LogP contribution in [0.1, 0.15) is 10.4 Å². The second-order valence-electron chi connectivity index (χ2n) is 3.10. The van der Waals surface area contributed by atoms with E-state index in [1.54, 1.807) is 12.1 Å². The molecule has 1 rings (SSSR count). The van der Waals surface area contributed by atoms with Crippen LogP contribution in [0.3, 0.4) is 0 Å². The Bertz CT molecular complexity index is 613. The Labute approximate surface area is 118 Å². The van der Waals surface area contributed by atoms with Crippen LogP contribution < -0.4 is 5.43 Å². The molecule has 0 aromatic heterocycles. The highest BCUT2D eigenvalue weighted by molar-refractivity contribution is 6.42. The van der Waals surface area contributed by atoms with Crippen molar-refractivity contribution in [3.63, 3.8) is 0 Å². The first-order valence-corrected chi connectivity index (χ1v) is 5.50. The number of halogens is 2. The number of hydrazone groups is 1. The maximum atomic E-state index is 11.5. The number of carbonyl (C=O) groups excluding carboxylic acids is 1. The number of benzene rings is 1. The van der Waals surface area contributed by atoms with Gasteiger partial charge >= 0.3 is 5.97 Å². The number of ether oxygens (including phenoxy) is 1. The SMILES string of the molecule is COC(=O)c1cc(Cl)c(Cl)cc1NN=C(C#N)C#N. The summed E-state index contributed by atoms with van der Waals surface area (Å²) in [4.78, 5) is 11.5. The van der Waals surface area contributed by atoms with E-state index in [0.717, 1.165) is 0 Å². The van der Waals surface area contributed by atoms with Crippen LogP contribution in [0.4, 0.5) is 5.69 Å². The number of nitrogens with one attached hydrogen (secondary N) is 1. The zero-order valence-electron chi connectivity index (χ0n) is 9.57. The minimum Gasteiger partial charge on any atom is -0.465 e. The van der Waals surface area contributed by atoms with Crippen LogP contribution in [0.15, 0.2) is 17.2 Å². The summed E-state index contributed by atoms with van der Waals surface area (Å²) in [5.74, 6) is -0.660. The molecule has 0 spiro atoms. The van der Waals surface area contributed by atoms with Gasteiger partial charge in [-0.25, -0.2) is 4.79 Å². The first-order valence-electron chi connectivity index (χ1n) is 4.74. The fourth-order valence-electron chi connectivity index (χ4n) is 1.11. The quantitative estimate of drug-likeness (QED) is 0.525. The van der Waals surface area contributed by atoms with Crippen LogP contribution in [0.25, 0.3) is 0 Å². The molecular weight excluding hydrogens is 291 g/mol. The van der Waals surface area contributed by atoms with Crippen molar-refractivity contribution in [2.75, 3.05) is 12.5 Å². The molecule has 0 fully saturated rings. The number of nitrogens with zero attached hydrogens (tertiary/aromatic N) is 3. The molecule has 6 nitrogen and oxygen atoms in total. The van der Waals surface area contributed by atoms with Crippen LogP contribution in [-0.4, -0.2) is 18.8 Å². The summed E-state index contributed by atoms with van der Waals surface area (Å²) in [6.07, 6.45) is 0. The first kappa shape index (κ1) is 14.8. The number of esters is 1. The number of anilines is 1. The Balaban J connectivity index is 3.23. The van der Waals surface area contributed by atoms with Crippen molar-refractivity contribution in [3.05, 3.63) is 27.7 Å². The van der Waals surface area contributed by atoms with Gasteiger partial charge in [0.2, 0.25) is 5.71 Å². The van der Waals surface area contributed by atoms with E-state index in [2.05, 4.69) is 15.3 Å². The van der Waals surface area contributed by atoms with Gasteiger partial charge in [-0.05, 0) is 12.1 Å². The van der Waals surface area contributed by atoms with E-state index in [1.165, 1.54) is 19.2 Å². The zero-order valence-corrected chi connectivity index (χ0v) is 11.1. The van der Waals surface area contributed by atoms with E-state index in [0.29, 0.717) is 0 Å². The topological polar surface area (TPSA) is 98.3 Å². The second-order valence-corrected chi connectivity index (χ2v) is 3.91. The van der Waals surface area contributed by atoms with Crippen molar-refractivity contribution < 1.29 is 9.53 Å². The molecule has 0 aliphatic rings. The Morgan fingerprint density at radius 3 is 2.42 bits per heavy atom. The van der Waals surface area contributed by atoms with Crippen molar-refractivity contribution in [2.24, 2.45) is 5.10 Å². The van der Waals surface area contributed by atoms with Crippen LogP contribution in [-0.2, 0) is 4.74 Å². The highest BCUT2D eigenvalue weighted by atomic mass is 35.5. The summed E-state index contributed by atoms with van der Waals surface area (Å²) < 4.78 is 4.57. The van der Waals surface area contributed by atoms with Gasteiger partial charge in [0.25, 0.3) is 0 Å². The molecule has 0 saturated carbocycles. The van der Waals surface area contributed by atoms with Crippen molar-refractivity contribution in [3.8, 4) is 12.1 Å². The molecule has 1 aromatic carbocycles. The van der Waals surface area contributed by atoms with E-state index in [-0.39, 0.29) is 21.3 Å². The van der Waals surface area contributed by atoms with Gasteiger partial charge in [0, 0.05) is 0 Å². The van der Waals surface area contributed by atoms with Gasteiger partial charge < -0.3 is 4.74 Å². The van der Waals surface area contributed by atoms with Crippen molar-refractivity contribution in [2.45, 2.75) is 0 Å². The molecule has 8 heteroatoms. The molecule has 19 heavy (non-hydrogen) atoms. The molecule has 1 N–H and O–H groups in total. The van der Waals surface area contributed by atoms with E-state index in [1.807, 2.05) is 0 Å². The number of hydrogen-bond acceptors (Lipinski definition) is 6. The summed E-state index contributed by atoms with van der Waals surface area (Å²) in [5.41, 5.74) is 2.25. The molecule has 0 atom stereocenters. The average Bonchev–Trinajstić information content (AvgIpc) is 2.42. The predicted octanol–water partition coefficient (Wildman–Crippen LogP) is 2.60. The molecule has 0 saturated heterocycles. The lowest BCUT2D eigenvalue weighted by Crippen LogP contribution is -2.06. The number of carbonyl (C=O) groups is 1. The maximum absolute atomic E-state index is 11.5. The molecule has 1 aromatic rings. The molecule has 0 heterocycles. The van der Waals surface area contributed by atoms with Crippen LogP contribution in [0, 0.1) is 22.7 Å². The molecule has 0 aliphatic heterocycles. The lowest BCUT2D eigenvalue weighted by Gasteiger charge is -2.08. The Hall–Kier alpha value is -2.28. The number of hydrogen-bond donors (Lipinski definition) is 1. The standard InChI is InChI=1S/C11H6Cl2N4O2/c1-19-11(18)7-2-8(12)9(13)3-10(7)17-16-6(4-14)5-15/h2-3,17H,1H3. The summed E-state index contributed by atoms with van der Waals surface area (Å²) >= 11 is 11.6. The number of methoxy groups -OCH3 is 1.